The molecule has 0 saturated heterocycles. The number of phenolic OH excluding ortho intramolecular Hbond substituents is 1. The first-order valence-electron chi connectivity index (χ1n) is 5.78. The first kappa shape index (κ1) is 12.2. The van der Waals surface area contributed by atoms with Crippen molar-refractivity contribution in [2.45, 2.75) is 13.5 Å². The van der Waals surface area contributed by atoms with Gasteiger partial charge >= 0.3 is 0 Å². The third kappa shape index (κ3) is 2.88. The largest absolute Gasteiger partial charge is 0.508 e. The Bertz CT molecular complexity index is 520. The van der Waals surface area contributed by atoms with Crippen LogP contribution in [0.5, 0.6) is 5.75 Å². The summed E-state index contributed by atoms with van der Waals surface area (Å²) in [5, 5.41) is 9.26. The predicted molar refractivity (Wildman–Crippen MR) is 71.4 cm³/mol. The van der Waals surface area contributed by atoms with E-state index in [1.54, 1.807) is 29.2 Å². The Hall–Kier alpha value is -2.29. The summed E-state index contributed by atoms with van der Waals surface area (Å²) in [4.78, 5) is 13.4. The van der Waals surface area contributed by atoms with Crippen LogP contribution in [0.15, 0.2) is 54.6 Å². The fourth-order valence-electron chi connectivity index (χ4n) is 1.78. The van der Waals surface area contributed by atoms with E-state index in [1.165, 1.54) is 6.92 Å². The lowest BCUT2D eigenvalue weighted by Gasteiger charge is -2.21. The number of nitrogens with zero attached hydrogens (tertiary/aromatic N) is 1. The molecule has 0 aliphatic heterocycles. The zero-order valence-corrected chi connectivity index (χ0v) is 10.2. The fraction of sp³-hybridized carbons (Fsp3) is 0.133. The second kappa shape index (κ2) is 5.36. The third-order valence-corrected chi connectivity index (χ3v) is 2.73. The number of hydrogen-bond donors (Lipinski definition) is 1. The minimum atomic E-state index is -0.0236. The lowest BCUT2D eigenvalue weighted by atomic mass is 10.2. The fourth-order valence-corrected chi connectivity index (χ4v) is 1.78. The van der Waals surface area contributed by atoms with Gasteiger partial charge in [-0.1, -0.05) is 30.3 Å². The lowest BCUT2D eigenvalue weighted by molar-refractivity contribution is -0.116. The highest BCUT2D eigenvalue weighted by molar-refractivity contribution is 5.91. The second-order valence-electron chi connectivity index (χ2n) is 4.11. The van der Waals surface area contributed by atoms with Gasteiger partial charge in [-0.2, -0.15) is 0 Å². The average Bonchev–Trinajstić information content (AvgIpc) is 2.38. The normalized spacial score (nSPS) is 10.1. The molecule has 0 aliphatic carbocycles. The summed E-state index contributed by atoms with van der Waals surface area (Å²) >= 11 is 0. The van der Waals surface area contributed by atoms with Crippen LogP contribution in [0.2, 0.25) is 0 Å². The van der Waals surface area contributed by atoms with Gasteiger partial charge in [-0.3, -0.25) is 4.79 Å². The van der Waals surface area contributed by atoms with Crippen LogP contribution in [-0.2, 0) is 11.3 Å². The first-order valence-corrected chi connectivity index (χ1v) is 5.78. The highest BCUT2D eigenvalue weighted by Crippen LogP contribution is 2.20. The van der Waals surface area contributed by atoms with Crippen molar-refractivity contribution in [3.63, 3.8) is 0 Å². The molecule has 2 aromatic carbocycles. The van der Waals surface area contributed by atoms with Gasteiger partial charge in [-0.15, -0.1) is 0 Å². The summed E-state index contributed by atoms with van der Waals surface area (Å²) in [6.07, 6.45) is 0. The van der Waals surface area contributed by atoms with Crippen LogP contribution in [0.3, 0.4) is 0 Å². The van der Waals surface area contributed by atoms with E-state index in [0.717, 1.165) is 11.3 Å². The molecule has 0 unspecified atom stereocenters. The van der Waals surface area contributed by atoms with Gasteiger partial charge in [0.25, 0.3) is 0 Å². The van der Waals surface area contributed by atoms with E-state index in [4.69, 9.17) is 0 Å². The van der Waals surface area contributed by atoms with E-state index in [2.05, 4.69) is 0 Å². The van der Waals surface area contributed by atoms with E-state index >= 15 is 0 Å². The van der Waals surface area contributed by atoms with Crippen molar-refractivity contribution in [2.24, 2.45) is 0 Å². The number of aromatic hydroxyl groups is 1. The van der Waals surface area contributed by atoms with Crippen LogP contribution in [0.1, 0.15) is 12.5 Å². The third-order valence-electron chi connectivity index (χ3n) is 2.73. The van der Waals surface area contributed by atoms with Gasteiger partial charge in [0.2, 0.25) is 5.91 Å². The molecule has 0 saturated carbocycles. The zero-order valence-electron chi connectivity index (χ0n) is 10.2. The standard InChI is InChI=1S/C15H15NO2/c1-12(17)16(11-13-5-3-2-4-6-13)14-7-9-15(18)10-8-14/h2-10,18H,11H2,1H3. The Kier molecular flexibility index (Phi) is 3.63. The van der Waals surface area contributed by atoms with Crippen molar-refractivity contribution in [1.82, 2.24) is 0 Å². The van der Waals surface area contributed by atoms with E-state index in [-0.39, 0.29) is 11.7 Å². The van der Waals surface area contributed by atoms with Crippen molar-refractivity contribution >= 4 is 11.6 Å². The lowest BCUT2D eigenvalue weighted by Crippen LogP contribution is -2.27. The van der Waals surface area contributed by atoms with Gasteiger partial charge < -0.3 is 10.0 Å². The summed E-state index contributed by atoms with van der Waals surface area (Å²) in [5.41, 5.74) is 1.85. The van der Waals surface area contributed by atoms with E-state index in [0.29, 0.717) is 6.54 Å². The number of rotatable bonds is 3. The van der Waals surface area contributed by atoms with Crippen LogP contribution in [-0.4, -0.2) is 11.0 Å². The summed E-state index contributed by atoms with van der Waals surface area (Å²) in [6, 6.07) is 16.4. The molecule has 18 heavy (non-hydrogen) atoms. The predicted octanol–water partition coefficient (Wildman–Crippen LogP) is 2.95. The molecule has 0 aliphatic rings. The Morgan fingerprint density at radius 2 is 1.67 bits per heavy atom. The number of anilines is 1. The molecule has 2 rings (SSSR count). The Balaban J connectivity index is 2.24. The SMILES string of the molecule is CC(=O)N(Cc1ccccc1)c1ccc(O)cc1. The minimum Gasteiger partial charge on any atom is -0.508 e. The highest BCUT2D eigenvalue weighted by atomic mass is 16.3. The van der Waals surface area contributed by atoms with E-state index in [9.17, 15) is 9.90 Å². The van der Waals surface area contributed by atoms with Crippen LogP contribution >= 0.6 is 0 Å². The molecule has 0 aromatic heterocycles. The van der Waals surface area contributed by atoms with Crippen molar-refractivity contribution < 1.29 is 9.90 Å². The number of benzene rings is 2. The molecule has 0 spiro atoms. The highest BCUT2D eigenvalue weighted by Gasteiger charge is 2.11. The maximum Gasteiger partial charge on any atom is 0.224 e. The Labute approximate surface area is 106 Å². The van der Waals surface area contributed by atoms with Crippen LogP contribution in [0, 0.1) is 0 Å². The topological polar surface area (TPSA) is 40.5 Å². The molecule has 2 aromatic rings. The Morgan fingerprint density at radius 1 is 1.06 bits per heavy atom. The number of carbonyl (C=O) groups excluding carboxylic acids is 1. The monoisotopic (exact) mass is 241 g/mol. The van der Waals surface area contributed by atoms with Crippen molar-refractivity contribution in [3.05, 3.63) is 60.2 Å². The van der Waals surface area contributed by atoms with Gasteiger partial charge in [0.1, 0.15) is 5.75 Å². The average molecular weight is 241 g/mol. The molecular formula is C15H15NO2. The van der Waals surface area contributed by atoms with Gasteiger partial charge in [-0.25, -0.2) is 0 Å². The molecule has 1 N–H and O–H groups in total. The molecule has 0 heterocycles. The van der Waals surface area contributed by atoms with Crippen molar-refractivity contribution in [1.29, 1.82) is 0 Å². The van der Waals surface area contributed by atoms with E-state index < -0.39 is 0 Å². The minimum absolute atomic E-state index is 0.0236. The van der Waals surface area contributed by atoms with Gasteiger partial charge in [0.15, 0.2) is 0 Å². The Morgan fingerprint density at radius 3 is 2.22 bits per heavy atom. The number of phenols is 1. The molecule has 1 amide bonds. The first-order chi connectivity index (χ1) is 8.66. The number of amides is 1. The molecule has 3 heteroatoms. The quantitative estimate of drug-likeness (QED) is 0.897. The molecule has 0 atom stereocenters. The number of hydrogen-bond acceptors (Lipinski definition) is 2. The molecule has 92 valence electrons. The number of carbonyl (C=O) groups is 1. The van der Waals surface area contributed by atoms with Gasteiger partial charge in [0, 0.05) is 12.6 Å². The van der Waals surface area contributed by atoms with Gasteiger partial charge in [-0.05, 0) is 29.8 Å². The zero-order chi connectivity index (χ0) is 13.0. The van der Waals surface area contributed by atoms with Crippen LogP contribution < -0.4 is 4.90 Å². The van der Waals surface area contributed by atoms with Crippen molar-refractivity contribution in [3.8, 4) is 5.75 Å². The van der Waals surface area contributed by atoms with Crippen LogP contribution in [0.25, 0.3) is 0 Å². The molecule has 3 nitrogen and oxygen atoms in total. The second-order valence-corrected chi connectivity index (χ2v) is 4.11. The smallest absolute Gasteiger partial charge is 0.224 e. The molecule has 0 fully saturated rings. The summed E-state index contributed by atoms with van der Waals surface area (Å²) < 4.78 is 0. The molecule has 0 radical (unpaired) electrons. The summed E-state index contributed by atoms with van der Waals surface area (Å²) in [7, 11) is 0. The summed E-state index contributed by atoms with van der Waals surface area (Å²) in [6.45, 7) is 2.07. The molecular weight excluding hydrogens is 226 g/mol. The van der Waals surface area contributed by atoms with Crippen molar-refractivity contribution in [2.75, 3.05) is 4.90 Å². The van der Waals surface area contributed by atoms with E-state index in [1.807, 2.05) is 30.3 Å². The van der Waals surface area contributed by atoms with Crippen LogP contribution in [0.4, 0.5) is 5.69 Å². The van der Waals surface area contributed by atoms with Gasteiger partial charge in [0.05, 0.1) is 6.54 Å². The summed E-state index contributed by atoms with van der Waals surface area (Å²) in [5.74, 6) is 0.173. The molecule has 0 bridgehead atoms. The maximum absolute atomic E-state index is 11.7. The maximum atomic E-state index is 11.7.